The maximum Gasteiger partial charge on any atom is 0.236 e. The van der Waals surface area contributed by atoms with E-state index in [0.717, 1.165) is 25.9 Å². The van der Waals surface area contributed by atoms with Gasteiger partial charge >= 0.3 is 0 Å². The van der Waals surface area contributed by atoms with Crippen molar-refractivity contribution in [1.82, 2.24) is 10.2 Å². The number of carbonyl (C=O) groups excluding carboxylic acids is 2. The topological polar surface area (TPSA) is 75.4 Å². The van der Waals surface area contributed by atoms with Crippen molar-refractivity contribution in [2.24, 2.45) is 5.73 Å². The Morgan fingerprint density at radius 1 is 1.24 bits per heavy atom. The summed E-state index contributed by atoms with van der Waals surface area (Å²) < 4.78 is 0. The third-order valence-corrected chi connectivity index (χ3v) is 3.04. The van der Waals surface area contributed by atoms with Gasteiger partial charge in [0, 0.05) is 25.0 Å². The van der Waals surface area contributed by atoms with Crippen LogP contribution in [-0.2, 0) is 9.59 Å². The summed E-state index contributed by atoms with van der Waals surface area (Å²) in [5.74, 6) is -0.241. The van der Waals surface area contributed by atoms with Gasteiger partial charge in [0.25, 0.3) is 0 Å². The van der Waals surface area contributed by atoms with Crippen molar-refractivity contribution in [3.63, 3.8) is 0 Å². The molecule has 1 aliphatic rings. The zero-order valence-corrected chi connectivity index (χ0v) is 10.8. The van der Waals surface area contributed by atoms with Gasteiger partial charge < -0.3 is 16.0 Å². The lowest BCUT2D eigenvalue weighted by molar-refractivity contribution is -0.131. The van der Waals surface area contributed by atoms with Gasteiger partial charge in [-0.1, -0.05) is 0 Å². The van der Waals surface area contributed by atoms with E-state index in [1.54, 1.807) is 0 Å². The monoisotopic (exact) mass is 241 g/mol. The molecule has 0 atom stereocenters. The Morgan fingerprint density at radius 2 is 1.82 bits per heavy atom. The van der Waals surface area contributed by atoms with E-state index < -0.39 is 5.54 Å². The molecule has 1 rings (SSSR count). The number of nitrogens with zero attached hydrogens (tertiary/aromatic N) is 1. The van der Waals surface area contributed by atoms with Crippen LogP contribution >= 0.6 is 0 Å². The van der Waals surface area contributed by atoms with Crippen LogP contribution in [0.3, 0.4) is 0 Å². The lowest BCUT2D eigenvalue weighted by Crippen LogP contribution is -2.49. The number of primary amides is 1. The predicted octanol–water partition coefficient (Wildman–Crippen LogP) is 0.243. The number of hydrogen-bond acceptors (Lipinski definition) is 3. The van der Waals surface area contributed by atoms with E-state index in [9.17, 15) is 9.59 Å². The molecule has 0 aromatic carbocycles. The summed E-state index contributed by atoms with van der Waals surface area (Å²) in [7, 11) is 0. The number of amides is 2. The fraction of sp³-hybridized carbons (Fsp3) is 0.833. The number of nitrogens with one attached hydrogen (secondary N) is 1. The van der Waals surface area contributed by atoms with Gasteiger partial charge in [-0.15, -0.1) is 0 Å². The van der Waals surface area contributed by atoms with E-state index in [1.165, 1.54) is 6.42 Å². The minimum Gasteiger partial charge on any atom is -0.370 e. The van der Waals surface area contributed by atoms with Gasteiger partial charge in [-0.25, -0.2) is 0 Å². The van der Waals surface area contributed by atoms with Crippen LogP contribution < -0.4 is 11.1 Å². The Kier molecular flexibility index (Phi) is 4.93. The van der Waals surface area contributed by atoms with Gasteiger partial charge in [-0.05, 0) is 33.1 Å². The van der Waals surface area contributed by atoms with E-state index in [2.05, 4.69) is 5.32 Å². The first-order valence-electron chi connectivity index (χ1n) is 6.22. The van der Waals surface area contributed by atoms with E-state index in [4.69, 9.17) is 5.73 Å². The van der Waals surface area contributed by atoms with Crippen molar-refractivity contribution in [3.8, 4) is 0 Å². The van der Waals surface area contributed by atoms with Crippen molar-refractivity contribution < 1.29 is 9.59 Å². The number of likely N-dealkylation sites (tertiary alicyclic amines) is 1. The van der Waals surface area contributed by atoms with Gasteiger partial charge in [0.2, 0.25) is 11.8 Å². The summed E-state index contributed by atoms with van der Waals surface area (Å²) in [6.45, 7) is 5.75. The Balaban J connectivity index is 2.33. The van der Waals surface area contributed by atoms with Crippen LogP contribution in [0.4, 0.5) is 0 Å². The first-order valence-corrected chi connectivity index (χ1v) is 6.22. The second-order valence-electron chi connectivity index (χ2n) is 5.32. The fourth-order valence-electron chi connectivity index (χ4n) is 2.07. The van der Waals surface area contributed by atoms with Crippen molar-refractivity contribution in [3.05, 3.63) is 0 Å². The molecule has 1 fully saturated rings. The number of piperidine rings is 1. The SMILES string of the molecule is CC(C)(CC(N)=O)NCC(=O)N1CCCCC1. The molecule has 0 radical (unpaired) electrons. The molecule has 1 saturated heterocycles. The molecule has 2 amide bonds. The molecule has 0 aliphatic carbocycles. The third kappa shape index (κ3) is 5.17. The van der Waals surface area contributed by atoms with Crippen LogP contribution in [0.2, 0.25) is 0 Å². The Labute approximate surface area is 103 Å². The summed E-state index contributed by atoms with van der Waals surface area (Å²) in [5.41, 5.74) is 4.73. The number of carbonyl (C=O) groups is 2. The zero-order chi connectivity index (χ0) is 12.9. The van der Waals surface area contributed by atoms with Crippen LogP contribution in [0.1, 0.15) is 39.5 Å². The summed E-state index contributed by atoms with van der Waals surface area (Å²) >= 11 is 0. The molecule has 0 bridgehead atoms. The summed E-state index contributed by atoms with van der Waals surface area (Å²) in [6, 6.07) is 0. The van der Waals surface area contributed by atoms with Crippen molar-refractivity contribution in [2.45, 2.75) is 45.1 Å². The first kappa shape index (κ1) is 14.0. The Hall–Kier alpha value is -1.10. The average Bonchev–Trinajstić information content (AvgIpc) is 2.25. The zero-order valence-electron chi connectivity index (χ0n) is 10.8. The number of rotatable bonds is 5. The second-order valence-corrected chi connectivity index (χ2v) is 5.32. The maximum atomic E-state index is 11.9. The third-order valence-electron chi connectivity index (χ3n) is 3.04. The molecule has 0 unspecified atom stereocenters. The molecular formula is C12H23N3O2. The first-order chi connectivity index (χ1) is 7.91. The predicted molar refractivity (Wildman–Crippen MR) is 66.3 cm³/mol. The maximum absolute atomic E-state index is 11.9. The van der Waals surface area contributed by atoms with E-state index >= 15 is 0 Å². The highest BCUT2D eigenvalue weighted by molar-refractivity contribution is 5.79. The highest BCUT2D eigenvalue weighted by atomic mass is 16.2. The highest BCUT2D eigenvalue weighted by Crippen LogP contribution is 2.10. The van der Waals surface area contributed by atoms with Gasteiger partial charge in [-0.3, -0.25) is 9.59 Å². The van der Waals surface area contributed by atoms with Crippen LogP contribution in [0.15, 0.2) is 0 Å². The lowest BCUT2D eigenvalue weighted by Gasteiger charge is -2.30. The van der Waals surface area contributed by atoms with Crippen LogP contribution in [-0.4, -0.2) is 41.9 Å². The van der Waals surface area contributed by atoms with Crippen molar-refractivity contribution >= 4 is 11.8 Å². The number of hydrogen-bond donors (Lipinski definition) is 2. The molecule has 3 N–H and O–H groups in total. The molecule has 0 aromatic heterocycles. The van der Waals surface area contributed by atoms with Gasteiger partial charge in [0.1, 0.15) is 0 Å². The molecular weight excluding hydrogens is 218 g/mol. The molecule has 1 aliphatic heterocycles. The molecule has 0 aromatic rings. The molecule has 0 spiro atoms. The van der Waals surface area contributed by atoms with Gasteiger partial charge in [-0.2, -0.15) is 0 Å². The highest BCUT2D eigenvalue weighted by Gasteiger charge is 2.23. The molecule has 0 saturated carbocycles. The van der Waals surface area contributed by atoms with Crippen LogP contribution in [0, 0.1) is 0 Å². The largest absolute Gasteiger partial charge is 0.370 e. The van der Waals surface area contributed by atoms with Crippen LogP contribution in [0.25, 0.3) is 0 Å². The minimum atomic E-state index is -0.419. The smallest absolute Gasteiger partial charge is 0.236 e. The quantitative estimate of drug-likeness (QED) is 0.724. The van der Waals surface area contributed by atoms with Crippen molar-refractivity contribution in [2.75, 3.05) is 19.6 Å². The standard InChI is InChI=1S/C12H23N3O2/c1-12(2,8-10(13)16)14-9-11(17)15-6-4-3-5-7-15/h14H,3-9H2,1-2H3,(H2,13,16). The molecule has 98 valence electrons. The molecule has 1 heterocycles. The minimum absolute atomic E-state index is 0.113. The normalized spacial score (nSPS) is 16.9. The van der Waals surface area contributed by atoms with Crippen molar-refractivity contribution in [1.29, 1.82) is 0 Å². The summed E-state index contributed by atoms with van der Waals surface area (Å²) in [5, 5.41) is 3.10. The summed E-state index contributed by atoms with van der Waals surface area (Å²) in [6.07, 6.45) is 3.64. The Morgan fingerprint density at radius 3 is 2.35 bits per heavy atom. The molecule has 5 heteroatoms. The summed E-state index contributed by atoms with van der Waals surface area (Å²) in [4.78, 5) is 24.6. The lowest BCUT2D eigenvalue weighted by atomic mass is 10.0. The van der Waals surface area contributed by atoms with Gasteiger partial charge in [0.15, 0.2) is 0 Å². The average molecular weight is 241 g/mol. The van der Waals surface area contributed by atoms with E-state index in [1.807, 2.05) is 18.7 Å². The fourth-order valence-corrected chi connectivity index (χ4v) is 2.07. The Bertz CT molecular complexity index is 283. The van der Waals surface area contributed by atoms with E-state index in [0.29, 0.717) is 0 Å². The molecule has 5 nitrogen and oxygen atoms in total. The second kappa shape index (κ2) is 6.00. The van der Waals surface area contributed by atoms with E-state index in [-0.39, 0.29) is 24.8 Å². The number of nitrogens with two attached hydrogens (primary N) is 1. The molecule has 17 heavy (non-hydrogen) atoms. The van der Waals surface area contributed by atoms with Crippen LogP contribution in [0.5, 0.6) is 0 Å². The van der Waals surface area contributed by atoms with Gasteiger partial charge in [0.05, 0.1) is 6.54 Å².